The lowest BCUT2D eigenvalue weighted by molar-refractivity contribution is -0.151. The van der Waals surface area contributed by atoms with Gasteiger partial charge in [0.05, 0.1) is 11.5 Å². The minimum atomic E-state index is -0.815. The summed E-state index contributed by atoms with van der Waals surface area (Å²) in [7, 11) is 0. The minimum Gasteiger partial charge on any atom is -0.481 e. The molecule has 1 heterocycles. The van der Waals surface area contributed by atoms with Crippen LogP contribution in [-0.4, -0.2) is 41.0 Å². The quantitative estimate of drug-likeness (QED) is 0.789. The molecule has 0 aromatic carbocycles. The van der Waals surface area contributed by atoms with E-state index >= 15 is 0 Å². The van der Waals surface area contributed by atoms with E-state index in [1.165, 1.54) is 0 Å². The Bertz CT molecular complexity index is 357. The van der Waals surface area contributed by atoms with E-state index in [4.69, 9.17) is 5.73 Å². The van der Waals surface area contributed by atoms with Gasteiger partial charge in [-0.15, -0.1) is 0 Å². The average Bonchev–Trinajstić information content (AvgIpc) is 2.82. The van der Waals surface area contributed by atoms with Crippen LogP contribution in [0.25, 0.3) is 0 Å². The van der Waals surface area contributed by atoms with Gasteiger partial charge in [0.25, 0.3) is 0 Å². The molecule has 110 valence electrons. The lowest BCUT2D eigenvalue weighted by Gasteiger charge is -2.30. The molecule has 0 spiro atoms. The zero-order valence-corrected chi connectivity index (χ0v) is 12.3. The lowest BCUT2D eigenvalue weighted by Crippen LogP contribution is -2.48. The van der Waals surface area contributed by atoms with Gasteiger partial charge in [-0.3, -0.25) is 9.59 Å². The Morgan fingerprint density at radius 3 is 2.32 bits per heavy atom. The maximum Gasteiger partial charge on any atom is 0.311 e. The lowest BCUT2D eigenvalue weighted by atomic mass is 9.76. The number of rotatable bonds is 5. The molecule has 1 aliphatic rings. The number of carbonyl (C=O) groups excluding carboxylic acids is 1. The van der Waals surface area contributed by atoms with Gasteiger partial charge in [-0.25, -0.2) is 0 Å². The van der Waals surface area contributed by atoms with Gasteiger partial charge in [0.1, 0.15) is 0 Å². The van der Waals surface area contributed by atoms with E-state index in [1.807, 2.05) is 27.7 Å². The number of carbonyl (C=O) groups is 2. The third kappa shape index (κ3) is 2.91. The molecule has 1 rings (SSSR count). The van der Waals surface area contributed by atoms with Crippen LogP contribution >= 0.6 is 0 Å². The fourth-order valence-corrected chi connectivity index (χ4v) is 2.62. The monoisotopic (exact) mass is 270 g/mol. The molecule has 3 atom stereocenters. The molecular weight excluding hydrogens is 244 g/mol. The zero-order chi connectivity index (χ0) is 14.8. The highest BCUT2D eigenvalue weighted by atomic mass is 16.4. The molecule has 0 aromatic rings. The molecule has 0 aliphatic carbocycles. The molecule has 1 saturated heterocycles. The Hall–Kier alpha value is -1.10. The standard InChI is InChI=1S/C14H26N2O3/c1-5-10(4)11(15)12(17)16-7-6-14(8-16,9(2)3)13(18)19/h9-11H,5-8,15H2,1-4H3,(H,18,19)/t10-,11-,14?/m0/s1. The first-order valence-corrected chi connectivity index (χ1v) is 7.04. The summed E-state index contributed by atoms with van der Waals surface area (Å²) in [6.07, 6.45) is 1.36. The number of likely N-dealkylation sites (tertiary alicyclic amines) is 1. The van der Waals surface area contributed by atoms with Crippen LogP contribution in [0.4, 0.5) is 0 Å². The summed E-state index contributed by atoms with van der Waals surface area (Å²) in [5, 5.41) is 9.46. The van der Waals surface area contributed by atoms with Gasteiger partial charge in [0.2, 0.25) is 5.91 Å². The van der Waals surface area contributed by atoms with Crippen LogP contribution in [0.3, 0.4) is 0 Å². The van der Waals surface area contributed by atoms with Gasteiger partial charge in [-0.1, -0.05) is 34.1 Å². The first kappa shape index (κ1) is 16.0. The molecule has 1 unspecified atom stereocenters. The summed E-state index contributed by atoms with van der Waals surface area (Å²) >= 11 is 0. The van der Waals surface area contributed by atoms with Gasteiger partial charge >= 0.3 is 5.97 Å². The molecule has 1 aliphatic heterocycles. The molecule has 5 heteroatoms. The maximum absolute atomic E-state index is 12.3. The van der Waals surface area contributed by atoms with Gasteiger partial charge in [0, 0.05) is 13.1 Å². The Kier molecular flexibility index (Phi) is 4.96. The Labute approximate surface area is 115 Å². The summed E-state index contributed by atoms with van der Waals surface area (Å²) in [5.41, 5.74) is 5.14. The molecule has 3 N–H and O–H groups in total. The third-order valence-corrected chi connectivity index (χ3v) is 4.69. The van der Waals surface area contributed by atoms with Crippen molar-refractivity contribution >= 4 is 11.9 Å². The van der Waals surface area contributed by atoms with E-state index in [-0.39, 0.29) is 24.3 Å². The van der Waals surface area contributed by atoms with E-state index in [1.54, 1.807) is 4.90 Å². The predicted octanol–water partition coefficient (Wildman–Crippen LogP) is 1.32. The second kappa shape index (κ2) is 5.90. The normalized spacial score (nSPS) is 26.5. The highest BCUT2D eigenvalue weighted by Gasteiger charge is 2.49. The predicted molar refractivity (Wildman–Crippen MR) is 73.5 cm³/mol. The fourth-order valence-electron chi connectivity index (χ4n) is 2.62. The summed E-state index contributed by atoms with van der Waals surface area (Å²) in [6, 6.07) is -0.526. The van der Waals surface area contributed by atoms with Gasteiger partial charge < -0.3 is 15.7 Å². The minimum absolute atomic E-state index is 0.00243. The smallest absolute Gasteiger partial charge is 0.311 e. The van der Waals surface area contributed by atoms with E-state index < -0.39 is 17.4 Å². The van der Waals surface area contributed by atoms with Crippen molar-refractivity contribution in [2.24, 2.45) is 23.0 Å². The summed E-state index contributed by atoms with van der Waals surface area (Å²) in [5.74, 6) is -0.804. The van der Waals surface area contributed by atoms with Crippen LogP contribution in [0.15, 0.2) is 0 Å². The van der Waals surface area contributed by atoms with Crippen LogP contribution in [0.1, 0.15) is 40.5 Å². The summed E-state index contributed by atoms with van der Waals surface area (Å²) in [4.78, 5) is 25.4. The van der Waals surface area contributed by atoms with Gasteiger partial charge in [0.15, 0.2) is 0 Å². The van der Waals surface area contributed by atoms with Gasteiger partial charge in [-0.2, -0.15) is 0 Å². The maximum atomic E-state index is 12.3. The average molecular weight is 270 g/mol. The summed E-state index contributed by atoms with van der Waals surface area (Å²) < 4.78 is 0. The second-order valence-corrected chi connectivity index (χ2v) is 6.04. The molecule has 1 amide bonds. The van der Waals surface area contributed by atoms with E-state index in [2.05, 4.69) is 0 Å². The number of aliphatic carboxylic acids is 1. The fraction of sp³-hybridized carbons (Fsp3) is 0.857. The van der Waals surface area contributed by atoms with Crippen molar-refractivity contribution in [3.05, 3.63) is 0 Å². The van der Waals surface area contributed by atoms with Crippen molar-refractivity contribution in [1.82, 2.24) is 4.90 Å². The van der Waals surface area contributed by atoms with Crippen LogP contribution in [0.5, 0.6) is 0 Å². The first-order valence-electron chi connectivity index (χ1n) is 7.04. The topological polar surface area (TPSA) is 83.6 Å². The van der Waals surface area contributed by atoms with E-state index in [0.29, 0.717) is 13.0 Å². The van der Waals surface area contributed by atoms with Crippen molar-refractivity contribution in [3.63, 3.8) is 0 Å². The number of nitrogens with zero attached hydrogens (tertiary/aromatic N) is 1. The largest absolute Gasteiger partial charge is 0.481 e. The molecule has 5 nitrogen and oxygen atoms in total. The summed E-state index contributed by atoms with van der Waals surface area (Å²) in [6.45, 7) is 8.52. The highest BCUT2D eigenvalue weighted by molar-refractivity contribution is 5.84. The van der Waals surface area contributed by atoms with Crippen molar-refractivity contribution in [1.29, 1.82) is 0 Å². The number of nitrogens with two attached hydrogens (primary N) is 1. The molecule has 19 heavy (non-hydrogen) atoms. The molecule has 0 radical (unpaired) electrons. The number of amides is 1. The van der Waals surface area contributed by atoms with Crippen LogP contribution in [-0.2, 0) is 9.59 Å². The van der Waals surface area contributed by atoms with Crippen molar-refractivity contribution in [2.75, 3.05) is 13.1 Å². The molecule has 0 bridgehead atoms. The highest BCUT2D eigenvalue weighted by Crippen LogP contribution is 2.38. The first-order chi connectivity index (χ1) is 8.76. The zero-order valence-electron chi connectivity index (χ0n) is 12.3. The van der Waals surface area contributed by atoms with Gasteiger partial charge in [-0.05, 0) is 18.3 Å². The molecule has 1 fully saturated rings. The Morgan fingerprint density at radius 2 is 1.95 bits per heavy atom. The molecular formula is C14H26N2O3. The van der Waals surface area contributed by atoms with Crippen LogP contribution in [0, 0.1) is 17.3 Å². The SMILES string of the molecule is CC[C@H](C)[C@H](N)C(=O)N1CCC(C(=O)O)(C(C)C)C1. The van der Waals surface area contributed by atoms with Crippen LogP contribution < -0.4 is 5.73 Å². The van der Waals surface area contributed by atoms with Crippen molar-refractivity contribution in [2.45, 2.75) is 46.6 Å². The van der Waals surface area contributed by atoms with E-state index in [0.717, 1.165) is 6.42 Å². The Morgan fingerprint density at radius 1 is 1.37 bits per heavy atom. The number of carboxylic acids is 1. The number of hydrogen-bond acceptors (Lipinski definition) is 3. The number of hydrogen-bond donors (Lipinski definition) is 2. The molecule has 0 saturated carbocycles. The number of carboxylic acid groups (broad SMARTS) is 1. The van der Waals surface area contributed by atoms with Crippen molar-refractivity contribution < 1.29 is 14.7 Å². The second-order valence-electron chi connectivity index (χ2n) is 6.04. The van der Waals surface area contributed by atoms with Crippen LogP contribution in [0.2, 0.25) is 0 Å². The Balaban J connectivity index is 2.80. The van der Waals surface area contributed by atoms with E-state index in [9.17, 15) is 14.7 Å². The van der Waals surface area contributed by atoms with Crippen molar-refractivity contribution in [3.8, 4) is 0 Å². The molecule has 0 aromatic heterocycles. The third-order valence-electron chi connectivity index (χ3n) is 4.69.